The van der Waals surface area contributed by atoms with Gasteiger partial charge in [0.05, 0.1) is 23.1 Å². The molecule has 0 aromatic heterocycles. The van der Waals surface area contributed by atoms with E-state index in [1.807, 2.05) is 0 Å². The third-order valence-corrected chi connectivity index (χ3v) is 2.42. The van der Waals surface area contributed by atoms with Gasteiger partial charge in [0.1, 0.15) is 18.5 Å². The molecular weight excluding hydrogens is 247 g/mol. The van der Waals surface area contributed by atoms with E-state index in [1.54, 1.807) is 0 Å². The highest BCUT2D eigenvalue weighted by atomic mass is 19.1. The van der Waals surface area contributed by atoms with Crippen molar-refractivity contribution in [3.05, 3.63) is 39.7 Å². The molecule has 1 heterocycles. The average molecular weight is 256 g/mol. The van der Waals surface area contributed by atoms with Crippen LogP contribution in [-0.4, -0.2) is 40.3 Å². The molecule has 18 heavy (non-hydrogen) atoms. The van der Waals surface area contributed by atoms with E-state index in [0.717, 1.165) is 17.2 Å². The monoisotopic (exact) mass is 256 g/mol. The SMILES string of the molecule is O=C(c1ccc([N+](=O)[O-])cc1F)N1C[C@H](O)CO1. The molecule has 1 fully saturated rings. The Morgan fingerprint density at radius 1 is 1.61 bits per heavy atom. The van der Waals surface area contributed by atoms with E-state index in [9.17, 15) is 24.4 Å². The van der Waals surface area contributed by atoms with E-state index >= 15 is 0 Å². The number of hydroxylamine groups is 2. The number of aliphatic hydroxyl groups is 1. The molecule has 1 aromatic carbocycles. The molecule has 0 saturated carbocycles. The number of amides is 1. The summed E-state index contributed by atoms with van der Waals surface area (Å²) in [7, 11) is 0. The van der Waals surface area contributed by atoms with Crippen molar-refractivity contribution in [3.8, 4) is 0 Å². The molecule has 1 atom stereocenters. The van der Waals surface area contributed by atoms with Gasteiger partial charge in [0.2, 0.25) is 0 Å². The van der Waals surface area contributed by atoms with Crippen LogP contribution in [-0.2, 0) is 4.84 Å². The Morgan fingerprint density at radius 2 is 2.33 bits per heavy atom. The molecule has 8 heteroatoms. The zero-order valence-electron chi connectivity index (χ0n) is 9.08. The number of benzene rings is 1. The van der Waals surface area contributed by atoms with Crippen LogP contribution in [0.4, 0.5) is 10.1 Å². The quantitative estimate of drug-likeness (QED) is 0.613. The fourth-order valence-electron chi connectivity index (χ4n) is 1.54. The normalized spacial score (nSPS) is 19.0. The molecule has 0 radical (unpaired) electrons. The van der Waals surface area contributed by atoms with Gasteiger partial charge in [0.15, 0.2) is 0 Å². The van der Waals surface area contributed by atoms with Crippen molar-refractivity contribution in [1.29, 1.82) is 0 Å². The Hall–Kier alpha value is -2.06. The Labute approximate surface area is 100 Å². The molecule has 1 saturated heterocycles. The van der Waals surface area contributed by atoms with Crippen molar-refractivity contribution in [3.63, 3.8) is 0 Å². The molecule has 7 nitrogen and oxygen atoms in total. The third-order valence-electron chi connectivity index (χ3n) is 2.42. The summed E-state index contributed by atoms with van der Waals surface area (Å²) >= 11 is 0. The molecule has 0 unspecified atom stereocenters. The lowest BCUT2D eigenvalue weighted by Gasteiger charge is -2.13. The Balaban J connectivity index is 2.23. The predicted octanol–water partition coefficient (Wildman–Crippen LogP) is 0.482. The van der Waals surface area contributed by atoms with Gasteiger partial charge in [-0.25, -0.2) is 9.45 Å². The maximum Gasteiger partial charge on any atom is 0.280 e. The first kappa shape index (κ1) is 12.4. The predicted molar refractivity (Wildman–Crippen MR) is 56.0 cm³/mol. The number of hydrogen-bond acceptors (Lipinski definition) is 5. The van der Waals surface area contributed by atoms with Crippen molar-refractivity contribution >= 4 is 11.6 Å². The largest absolute Gasteiger partial charge is 0.389 e. The van der Waals surface area contributed by atoms with Gasteiger partial charge in [-0.15, -0.1) is 0 Å². The summed E-state index contributed by atoms with van der Waals surface area (Å²) < 4.78 is 13.5. The van der Waals surface area contributed by atoms with Gasteiger partial charge in [-0.1, -0.05) is 0 Å². The van der Waals surface area contributed by atoms with Gasteiger partial charge >= 0.3 is 0 Å². The minimum atomic E-state index is -1.00. The van der Waals surface area contributed by atoms with E-state index in [4.69, 9.17) is 4.84 Å². The topological polar surface area (TPSA) is 92.9 Å². The molecule has 1 N–H and O–H groups in total. The second-order valence-corrected chi connectivity index (χ2v) is 3.74. The van der Waals surface area contributed by atoms with Crippen LogP contribution in [0.2, 0.25) is 0 Å². The van der Waals surface area contributed by atoms with Gasteiger partial charge in [0, 0.05) is 6.07 Å². The van der Waals surface area contributed by atoms with Gasteiger partial charge in [-0.2, -0.15) is 0 Å². The van der Waals surface area contributed by atoms with Crippen LogP contribution in [0.5, 0.6) is 0 Å². The van der Waals surface area contributed by atoms with Crippen LogP contribution in [0.3, 0.4) is 0 Å². The van der Waals surface area contributed by atoms with Crippen LogP contribution in [0, 0.1) is 15.9 Å². The number of β-amino-alcohol motifs (C(OH)–C–C–N with tert-alkyl or cyclic N) is 1. The highest BCUT2D eigenvalue weighted by Gasteiger charge is 2.29. The van der Waals surface area contributed by atoms with Gasteiger partial charge in [-0.3, -0.25) is 19.7 Å². The Kier molecular flexibility index (Phi) is 3.21. The maximum atomic E-state index is 13.5. The molecular formula is C10H9FN2O5. The van der Waals surface area contributed by atoms with E-state index < -0.39 is 28.4 Å². The third kappa shape index (κ3) is 2.29. The van der Waals surface area contributed by atoms with Crippen LogP contribution < -0.4 is 0 Å². The minimum Gasteiger partial charge on any atom is -0.389 e. The van der Waals surface area contributed by atoms with Gasteiger partial charge in [-0.05, 0) is 6.07 Å². The number of carbonyl (C=O) groups is 1. The van der Waals surface area contributed by atoms with E-state index in [0.29, 0.717) is 6.07 Å². The summed E-state index contributed by atoms with van der Waals surface area (Å²) in [6.45, 7) is -0.102. The lowest BCUT2D eigenvalue weighted by molar-refractivity contribution is -0.385. The van der Waals surface area contributed by atoms with Crippen molar-refractivity contribution in [2.24, 2.45) is 0 Å². The molecule has 96 valence electrons. The molecule has 0 spiro atoms. The molecule has 0 aliphatic carbocycles. The number of non-ortho nitro benzene ring substituents is 1. The van der Waals surface area contributed by atoms with Gasteiger partial charge < -0.3 is 5.11 Å². The van der Waals surface area contributed by atoms with Crippen molar-refractivity contribution < 1.29 is 24.1 Å². The summed E-state index contributed by atoms with van der Waals surface area (Å²) in [5.74, 6) is -1.78. The van der Waals surface area contributed by atoms with Crippen molar-refractivity contribution in [1.82, 2.24) is 5.06 Å². The van der Waals surface area contributed by atoms with Crippen LogP contribution >= 0.6 is 0 Å². The number of nitrogens with zero attached hydrogens (tertiary/aromatic N) is 2. The minimum absolute atomic E-state index is 0.0413. The van der Waals surface area contributed by atoms with Crippen molar-refractivity contribution in [2.75, 3.05) is 13.2 Å². The number of hydrogen-bond donors (Lipinski definition) is 1. The molecule has 0 bridgehead atoms. The zero-order chi connectivity index (χ0) is 13.3. The lowest BCUT2D eigenvalue weighted by atomic mass is 10.1. The standard InChI is InChI=1S/C10H9FN2O5/c11-9-3-6(13(16)17)1-2-8(9)10(15)12-4-7(14)5-18-12/h1-3,7,14H,4-5H2/t7-/m0/s1. The van der Waals surface area contributed by atoms with Crippen LogP contribution in [0.25, 0.3) is 0 Å². The highest BCUT2D eigenvalue weighted by Crippen LogP contribution is 2.19. The van der Waals surface area contributed by atoms with E-state index in [1.165, 1.54) is 0 Å². The fraction of sp³-hybridized carbons (Fsp3) is 0.300. The first-order chi connectivity index (χ1) is 8.49. The summed E-state index contributed by atoms with van der Waals surface area (Å²) in [5, 5.41) is 20.4. The van der Waals surface area contributed by atoms with Crippen molar-refractivity contribution in [2.45, 2.75) is 6.10 Å². The molecule has 2 rings (SSSR count). The smallest absolute Gasteiger partial charge is 0.280 e. The summed E-state index contributed by atoms with van der Waals surface area (Å²) in [6, 6.07) is 2.71. The second-order valence-electron chi connectivity index (χ2n) is 3.74. The average Bonchev–Trinajstić information content (AvgIpc) is 2.74. The number of carbonyl (C=O) groups excluding carboxylic acids is 1. The van der Waals surface area contributed by atoms with E-state index in [2.05, 4.69) is 0 Å². The molecule has 1 aliphatic rings. The Morgan fingerprint density at radius 3 is 2.83 bits per heavy atom. The number of halogens is 1. The first-order valence-electron chi connectivity index (χ1n) is 5.06. The fourth-order valence-corrected chi connectivity index (χ4v) is 1.54. The lowest BCUT2D eigenvalue weighted by Crippen LogP contribution is -2.29. The summed E-state index contributed by atoms with van der Waals surface area (Å²) in [5.41, 5.74) is -0.777. The van der Waals surface area contributed by atoms with E-state index in [-0.39, 0.29) is 18.7 Å². The highest BCUT2D eigenvalue weighted by molar-refractivity contribution is 5.94. The van der Waals surface area contributed by atoms with Gasteiger partial charge in [0.25, 0.3) is 11.6 Å². The number of aliphatic hydroxyl groups excluding tert-OH is 1. The molecule has 1 aromatic rings. The second kappa shape index (κ2) is 4.67. The van der Waals surface area contributed by atoms with Crippen LogP contribution in [0.15, 0.2) is 18.2 Å². The van der Waals surface area contributed by atoms with Crippen LogP contribution in [0.1, 0.15) is 10.4 Å². The number of nitro groups is 1. The first-order valence-corrected chi connectivity index (χ1v) is 5.06. The number of nitro benzene ring substituents is 1. The zero-order valence-corrected chi connectivity index (χ0v) is 9.08. The summed E-state index contributed by atoms with van der Waals surface area (Å²) in [4.78, 5) is 26.3. The maximum absolute atomic E-state index is 13.5. The molecule has 1 aliphatic heterocycles. The Bertz CT molecular complexity index is 507. The molecule has 1 amide bonds. The number of rotatable bonds is 2. The summed E-state index contributed by atoms with van der Waals surface area (Å²) in [6.07, 6.45) is -0.810.